The number of thioether (sulfide) groups is 1. The molecule has 3 N–H and O–H groups in total. The van der Waals surface area contributed by atoms with E-state index < -0.39 is 0 Å². The van der Waals surface area contributed by atoms with E-state index in [1.54, 1.807) is 18.9 Å². The third-order valence-electron chi connectivity index (χ3n) is 3.21. The van der Waals surface area contributed by atoms with Crippen LogP contribution in [0.15, 0.2) is 29.2 Å². The normalized spacial score (nSPS) is 12.0. The van der Waals surface area contributed by atoms with E-state index in [-0.39, 0.29) is 11.9 Å². The maximum atomic E-state index is 11.9. The second-order valence-corrected chi connectivity index (χ2v) is 6.08. The Morgan fingerprint density at radius 1 is 1.38 bits per heavy atom. The number of hydrogen-bond acceptors (Lipinski definition) is 4. The van der Waals surface area contributed by atoms with E-state index in [9.17, 15) is 4.79 Å². The molecule has 0 bridgehead atoms. The molecule has 1 unspecified atom stereocenters. The number of amides is 1. The molecular weight excluding hydrogens is 284 g/mol. The van der Waals surface area contributed by atoms with Crippen LogP contribution in [-0.2, 0) is 4.79 Å². The second-order valence-electron chi connectivity index (χ2n) is 4.92. The van der Waals surface area contributed by atoms with E-state index >= 15 is 0 Å². The van der Waals surface area contributed by atoms with Crippen LogP contribution >= 0.6 is 11.8 Å². The molecule has 1 amide bonds. The summed E-state index contributed by atoms with van der Waals surface area (Å²) in [6.45, 7) is 2.65. The highest BCUT2D eigenvalue weighted by Crippen LogP contribution is 2.21. The van der Waals surface area contributed by atoms with Gasteiger partial charge in [0.15, 0.2) is 0 Å². The summed E-state index contributed by atoms with van der Waals surface area (Å²) in [6, 6.07) is 7.98. The molecule has 1 atom stereocenters. The molecule has 5 heteroatoms. The zero-order valence-corrected chi connectivity index (χ0v) is 13.7. The van der Waals surface area contributed by atoms with Gasteiger partial charge in [0, 0.05) is 29.7 Å². The predicted octanol–water partition coefficient (Wildman–Crippen LogP) is 2.81. The number of unbranched alkanes of at least 4 members (excludes halogenated alkanes) is 1. The third kappa shape index (κ3) is 7.39. The highest BCUT2D eigenvalue weighted by atomic mass is 32.2. The first kappa shape index (κ1) is 17.9. The lowest BCUT2D eigenvalue weighted by Gasteiger charge is -2.16. The van der Waals surface area contributed by atoms with Crippen LogP contribution in [0, 0.1) is 0 Å². The minimum atomic E-state index is 0.0857. The van der Waals surface area contributed by atoms with Crippen molar-refractivity contribution in [3.63, 3.8) is 0 Å². The van der Waals surface area contributed by atoms with Crippen LogP contribution in [0.25, 0.3) is 0 Å². The zero-order valence-electron chi connectivity index (χ0n) is 12.9. The van der Waals surface area contributed by atoms with Gasteiger partial charge in [0.25, 0.3) is 0 Å². The molecule has 0 aliphatic rings. The van der Waals surface area contributed by atoms with Crippen LogP contribution in [0.1, 0.15) is 32.6 Å². The van der Waals surface area contributed by atoms with Crippen molar-refractivity contribution in [1.82, 2.24) is 5.32 Å². The van der Waals surface area contributed by atoms with E-state index in [2.05, 4.69) is 12.2 Å². The van der Waals surface area contributed by atoms with Crippen molar-refractivity contribution in [2.24, 2.45) is 5.73 Å². The van der Waals surface area contributed by atoms with Crippen LogP contribution in [0.2, 0.25) is 0 Å². The standard InChI is InChI=1S/C16H26N2O2S/c1-3-4-5-13(12-17)18-16(19)10-11-21-15-8-6-14(20-2)7-9-15/h6-9,13H,3-5,10-12,17H2,1-2H3,(H,18,19). The topological polar surface area (TPSA) is 64.3 Å². The molecule has 0 aliphatic heterocycles. The monoisotopic (exact) mass is 310 g/mol. The molecule has 0 saturated heterocycles. The molecule has 1 rings (SSSR count). The molecule has 0 aromatic heterocycles. The predicted molar refractivity (Wildman–Crippen MR) is 88.8 cm³/mol. The Balaban J connectivity index is 2.25. The molecule has 118 valence electrons. The fraction of sp³-hybridized carbons (Fsp3) is 0.562. The van der Waals surface area contributed by atoms with Gasteiger partial charge in [-0.2, -0.15) is 0 Å². The van der Waals surface area contributed by atoms with E-state index in [1.807, 2.05) is 24.3 Å². The number of nitrogens with one attached hydrogen (secondary N) is 1. The zero-order chi connectivity index (χ0) is 15.5. The van der Waals surface area contributed by atoms with Gasteiger partial charge in [-0.3, -0.25) is 4.79 Å². The molecule has 0 fully saturated rings. The molecule has 0 saturated carbocycles. The van der Waals surface area contributed by atoms with Gasteiger partial charge in [0.1, 0.15) is 5.75 Å². The molecule has 1 aromatic rings. The summed E-state index contributed by atoms with van der Waals surface area (Å²) in [4.78, 5) is 13.0. The van der Waals surface area contributed by atoms with Crippen molar-refractivity contribution in [1.29, 1.82) is 0 Å². The maximum Gasteiger partial charge on any atom is 0.221 e. The van der Waals surface area contributed by atoms with Gasteiger partial charge in [-0.05, 0) is 30.7 Å². The van der Waals surface area contributed by atoms with Gasteiger partial charge >= 0.3 is 0 Å². The second kappa shape index (κ2) is 10.5. The molecule has 21 heavy (non-hydrogen) atoms. The van der Waals surface area contributed by atoms with Crippen molar-refractivity contribution in [2.45, 2.75) is 43.5 Å². The van der Waals surface area contributed by atoms with Gasteiger partial charge in [0.05, 0.1) is 7.11 Å². The molecule has 0 spiro atoms. The van der Waals surface area contributed by atoms with Crippen molar-refractivity contribution < 1.29 is 9.53 Å². The summed E-state index contributed by atoms with van der Waals surface area (Å²) in [5.41, 5.74) is 5.68. The van der Waals surface area contributed by atoms with Crippen LogP contribution < -0.4 is 15.8 Å². The van der Waals surface area contributed by atoms with Crippen molar-refractivity contribution in [2.75, 3.05) is 19.4 Å². The molecule has 0 aliphatic carbocycles. The van der Waals surface area contributed by atoms with Crippen molar-refractivity contribution in [3.8, 4) is 5.75 Å². The minimum absolute atomic E-state index is 0.0857. The third-order valence-corrected chi connectivity index (χ3v) is 4.23. The number of methoxy groups -OCH3 is 1. The Hall–Kier alpha value is -1.20. The number of rotatable bonds is 10. The first-order valence-electron chi connectivity index (χ1n) is 7.45. The smallest absolute Gasteiger partial charge is 0.221 e. The average Bonchev–Trinajstić information content (AvgIpc) is 2.52. The van der Waals surface area contributed by atoms with Gasteiger partial charge < -0.3 is 15.8 Å². The lowest BCUT2D eigenvalue weighted by molar-refractivity contribution is -0.121. The Morgan fingerprint density at radius 3 is 2.67 bits per heavy atom. The van der Waals surface area contributed by atoms with Gasteiger partial charge in [0.2, 0.25) is 5.91 Å². The number of hydrogen-bond donors (Lipinski definition) is 2. The molecule has 0 heterocycles. The summed E-state index contributed by atoms with van der Waals surface area (Å²) < 4.78 is 5.11. The van der Waals surface area contributed by atoms with E-state index in [1.165, 1.54) is 0 Å². The highest BCUT2D eigenvalue weighted by molar-refractivity contribution is 7.99. The molecule has 0 radical (unpaired) electrons. The lowest BCUT2D eigenvalue weighted by Crippen LogP contribution is -2.40. The van der Waals surface area contributed by atoms with Crippen LogP contribution in [0.4, 0.5) is 0 Å². The summed E-state index contributed by atoms with van der Waals surface area (Å²) in [5, 5.41) is 3.01. The minimum Gasteiger partial charge on any atom is -0.497 e. The number of benzene rings is 1. The fourth-order valence-corrected chi connectivity index (χ4v) is 2.78. The van der Waals surface area contributed by atoms with Crippen LogP contribution in [0.5, 0.6) is 5.75 Å². The molecule has 4 nitrogen and oxygen atoms in total. The Kier molecular flexibility index (Phi) is 8.94. The average molecular weight is 310 g/mol. The van der Waals surface area contributed by atoms with E-state index in [0.29, 0.717) is 13.0 Å². The SMILES string of the molecule is CCCCC(CN)NC(=O)CCSc1ccc(OC)cc1. The largest absolute Gasteiger partial charge is 0.497 e. The summed E-state index contributed by atoms with van der Waals surface area (Å²) in [7, 11) is 1.65. The Morgan fingerprint density at radius 2 is 2.10 bits per heavy atom. The molecule has 1 aromatic carbocycles. The summed E-state index contributed by atoms with van der Waals surface area (Å²) in [6.07, 6.45) is 3.70. The quantitative estimate of drug-likeness (QED) is 0.652. The highest BCUT2D eigenvalue weighted by Gasteiger charge is 2.10. The first-order chi connectivity index (χ1) is 10.2. The van der Waals surface area contributed by atoms with Crippen molar-refractivity contribution >= 4 is 17.7 Å². The van der Waals surface area contributed by atoms with Gasteiger partial charge in [-0.1, -0.05) is 19.8 Å². The number of carbonyl (C=O) groups is 1. The fourth-order valence-electron chi connectivity index (χ4n) is 1.93. The lowest BCUT2D eigenvalue weighted by atomic mass is 10.1. The van der Waals surface area contributed by atoms with Crippen LogP contribution in [0.3, 0.4) is 0 Å². The number of nitrogens with two attached hydrogens (primary N) is 1. The first-order valence-corrected chi connectivity index (χ1v) is 8.44. The number of carbonyl (C=O) groups excluding carboxylic acids is 1. The van der Waals surface area contributed by atoms with Gasteiger partial charge in [-0.15, -0.1) is 11.8 Å². The summed E-state index contributed by atoms with van der Waals surface area (Å²) in [5.74, 6) is 1.70. The van der Waals surface area contributed by atoms with Crippen molar-refractivity contribution in [3.05, 3.63) is 24.3 Å². The Labute approximate surface area is 131 Å². The van der Waals surface area contributed by atoms with Crippen LogP contribution in [-0.4, -0.2) is 31.4 Å². The maximum absolute atomic E-state index is 11.9. The Bertz CT molecular complexity index is 409. The van der Waals surface area contributed by atoms with Gasteiger partial charge in [-0.25, -0.2) is 0 Å². The number of ether oxygens (including phenoxy) is 1. The van der Waals surface area contributed by atoms with E-state index in [4.69, 9.17) is 10.5 Å². The van der Waals surface area contributed by atoms with E-state index in [0.717, 1.165) is 35.7 Å². The summed E-state index contributed by atoms with van der Waals surface area (Å²) >= 11 is 1.67. The molecular formula is C16H26N2O2S.